The zero-order valence-electron chi connectivity index (χ0n) is 19.1. The molecule has 0 amide bonds. The molecule has 0 N–H and O–H groups in total. The first kappa shape index (κ1) is 25.4. The minimum absolute atomic E-state index is 0. The predicted molar refractivity (Wildman–Crippen MR) is 149 cm³/mol. The molecule has 0 radical (unpaired) electrons. The maximum Gasteiger partial charge on any atom is 0.127 e. The van der Waals surface area contributed by atoms with Crippen molar-refractivity contribution in [2.24, 2.45) is 4.99 Å². The van der Waals surface area contributed by atoms with Crippen molar-refractivity contribution in [1.29, 1.82) is 0 Å². The first-order valence-corrected chi connectivity index (χ1v) is 11.0. The normalized spacial score (nSPS) is 12.9. The van der Waals surface area contributed by atoms with Gasteiger partial charge in [0.05, 0.1) is 12.3 Å². The number of para-hydroxylation sites is 2. The summed E-state index contributed by atoms with van der Waals surface area (Å²) in [5.41, 5.74) is 5.60. The zero-order chi connectivity index (χ0) is 21.8. The van der Waals surface area contributed by atoms with E-state index in [9.17, 15) is 0 Å². The van der Waals surface area contributed by atoms with E-state index in [0.717, 1.165) is 35.7 Å². The van der Waals surface area contributed by atoms with Gasteiger partial charge in [0.25, 0.3) is 0 Å². The number of fused-ring (bicyclic) bond motifs is 2. The summed E-state index contributed by atoms with van der Waals surface area (Å²) < 4.78 is 6.22. The zero-order valence-corrected chi connectivity index (χ0v) is 20.7. The molecule has 5 heteroatoms. The standard InChI is InChI=1S/C29H26N2O.2ClH/c1-31-19-18-30-27(26-11-5-6-12-28(26)31)17-16-24-9-4-7-13-29(24)32-21-22-14-15-23-8-2-3-10-25(23)20-22;;/h2-17,20H,18-19,21H2,1H3;2*1H/b17-16+;;. The van der Waals surface area contributed by atoms with E-state index in [-0.39, 0.29) is 24.8 Å². The Morgan fingerprint density at radius 2 is 1.56 bits per heavy atom. The average molecular weight is 491 g/mol. The van der Waals surface area contributed by atoms with Gasteiger partial charge in [-0.05, 0) is 46.7 Å². The van der Waals surface area contributed by atoms with Crippen LogP contribution in [0.2, 0.25) is 0 Å². The average Bonchev–Trinajstić information content (AvgIpc) is 3.00. The molecule has 0 fully saturated rings. The summed E-state index contributed by atoms with van der Waals surface area (Å²) in [7, 11) is 2.12. The summed E-state index contributed by atoms with van der Waals surface area (Å²) in [4.78, 5) is 7.09. The van der Waals surface area contributed by atoms with Crippen LogP contribution in [0.5, 0.6) is 5.75 Å². The van der Waals surface area contributed by atoms with Crippen molar-refractivity contribution in [3.05, 3.63) is 114 Å². The highest BCUT2D eigenvalue weighted by atomic mass is 35.5. The summed E-state index contributed by atoms with van der Waals surface area (Å²) in [6.45, 7) is 2.23. The first-order valence-electron chi connectivity index (χ1n) is 11.0. The lowest BCUT2D eigenvalue weighted by molar-refractivity contribution is 0.306. The molecule has 3 nitrogen and oxygen atoms in total. The Bertz CT molecular complexity index is 1320. The van der Waals surface area contributed by atoms with Gasteiger partial charge in [-0.1, -0.05) is 72.8 Å². The molecule has 5 rings (SSSR count). The number of anilines is 1. The Labute approximate surface area is 213 Å². The number of allylic oxidation sites excluding steroid dienone is 1. The van der Waals surface area contributed by atoms with Crippen LogP contribution < -0.4 is 9.64 Å². The number of hydrogen-bond acceptors (Lipinski definition) is 3. The maximum atomic E-state index is 6.22. The molecule has 0 spiro atoms. The van der Waals surface area contributed by atoms with Crippen LogP contribution in [0.4, 0.5) is 5.69 Å². The quantitative estimate of drug-likeness (QED) is 0.295. The Morgan fingerprint density at radius 1 is 0.824 bits per heavy atom. The molecule has 0 atom stereocenters. The highest BCUT2D eigenvalue weighted by Gasteiger charge is 2.13. The van der Waals surface area contributed by atoms with Crippen molar-refractivity contribution in [2.75, 3.05) is 25.0 Å². The number of ether oxygens (including phenoxy) is 1. The number of benzodiazepines with no additional fused rings is 1. The van der Waals surface area contributed by atoms with Gasteiger partial charge in [0, 0.05) is 30.4 Å². The fourth-order valence-corrected chi connectivity index (χ4v) is 4.10. The monoisotopic (exact) mass is 490 g/mol. The van der Waals surface area contributed by atoms with Crippen LogP contribution in [0, 0.1) is 0 Å². The minimum atomic E-state index is 0. The van der Waals surface area contributed by atoms with Crippen LogP contribution in [0.3, 0.4) is 0 Å². The fraction of sp³-hybridized carbons (Fsp3) is 0.138. The van der Waals surface area contributed by atoms with Crippen molar-refractivity contribution in [2.45, 2.75) is 6.61 Å². The maximum absolute atomic E-state index is 6.22. The van der Waals surface area contributed by atoms with E-state index in [1.807, 2.05) is 18.2 Å². The molecule has 1 heterocycles. The Balaban J connectivity index is 0.00000162. The molecule has 0 saturated carbocycles. The molecule has 174 valence electrons. The van der Waals surface area contributed by atoms with Gasteiger partial charge in [0.1, 0.15) is 12.4 Å². The minimum Gasteiger partial charge on any atom is -0.488 e. The van der Waals surface area contributed by atoms with Gasteiger partial charge in [0.2, 0.25) is 0 Å². The summed E-state index contributed by atoms with van der Waals surface area (Å²) in [5, 5.41) is 2.48. The number of aliphatic imine (C=N–C) groups is 1. The van der Waals surface area contributed by atoms with Crippen LogP contribution in [-0.4, -0.2) is 25.8 Å². The van der Waals surface area contributed by atoms with Gasteiger partial charge in [-0.3, -0.25) is 4.99 Å². The number of halogens is 2. The van der Waals surface area contributed by atoms with Crippen molar-refractivity contribution in [3.63, 3.8) is 0 Å². The van der Waals surface area contributed by atoms with Crippen molar-refractivity contribution in [1.82, 2.24) is 0 Å². The third-order valence-electron chi connectivity index (χ3n) is 5.86. The highest BCUT2D eigenvalue weighted by molar-refractivity contribution is 6.14. The van der Waals surface area contributed by atoms with Gasteiger partial charge in [-0.2, -0.15) is 0 Å². The lowest BCUT2D eigenvalue weighted by Crippen LogP contribution is -2.20. The molecule has 0 unspecified atom stereocenters. The number of rotatable bonds is 5. The third-order valence-corrected chi connectivity index (χ3v) is 5.86. The smallest absolute Gasteiger partial charge is 0.127 e. The van der Waals surface area contributed by atoms with E-state index in [0.29, 0.717) is 6.61 Å². The molecular formula is C29H28Cl2N2O. The van der Waals surface area contributed by atoms with Crippen molar-refractivity contribution >= 4 is 53.1 Å². The van der Waals surface area contributed by atoms with Gasteiger partial charge < -0.3 is 9.64 Å². The Morgan fingerprint density at radius 3 is 2.44 bits per heavy atom. The molecule has 4 aromatic rings. The summed E-state index contributed by atoms with van der Waals surface area (Å²) in [5.74, 6) is 0.872. The SMILES string of the molecule is CN1CCN=C(/C=C/c2ccccc2OCc2ccc3ccccc3c2)c2ccccc21.Cl.Cl. The highest BCUT2D eigenvalue weighted by Crippen LogP contribution is 2.25. The molecule has 0 aromatic heterocycles. The number of nitrogens with zero attached hydrogens (tertiary/aromatic N) is 2. The third kappa shape index (κ3) is 5.61. The van der Waals surface area contributed by atoms with Gasteiger partial charge in [0.15, 0.2) is 0 Å². The van der Waals surface area contributed by atoms with Crippen LogP contribution in [0.1, 0.15) is 16.7 Å². The second-order valence-electron chi connectivity index (χ2n) is 8.05. The molecular weight excluding hydrogens is 463 g/mol. The summed E-state index contributed by atoms with van der Waals surface area (Å²) in [6, 6.07) is 31.5. The first-order chi connectivity index (χ1) is 15.8. The Hall–Kier alpha value is -3.27. The predicted octanol–water partition coefficient (Wildman–Crippen LogP) is 7.21. The van der Waals surface area contributed by atoms with Gasteiger partial charge >= 0.3 is 0 Å². The van der Waals surface area contributed by atoms with Crippen LogP contribution in [0.15, 0.2) is 102 Å². The van der Waals surface area contributed by atoms with E-state index in [4.69, 9.17) is 9.73 Å². The molecule has 34 heavy (non-hydrogen) atoms. The largest absolute Gasteiger partial charge is 0.488 e. The van der Waals surface area contributed by atoms with E-state index < -0.39 is 0 Å². The van der Waals surface area contributed by atoms with Gasteiger partial charge in [-0.25, -0.2) is 0 Å². The number of hydrogen-bond donors (Lipinski definition) is 0. The number of benzene rings is 4. The fourth-order valence-electron chi connectivity index (χ4n) is 4.10. The molecule has 1 aliphatic heterocycles. The van der Waals surface area contributed by atoms with Gasteiger partial charge in [-0.15, -0.1) is 24.8 Å². The summed E-state index contributed by atoms with van der Waals surface area (Å²) >= 11 is 0. The molecule has 1 aliphatic rings. The summed E-state index contributed by atoms with van der Waals surface area (Å²) in [6.07, 6.45) is 4.22. The molecule has 0 aliphatic carbocycles. The molecule has 0 bridgehead atoms. The molecule has 4 aromatic carbocycles. The lowest BCUT2D eigenvalue weighted by Gasteiger charge is -2.18. The van der Waals surface area contributed by atoms with Crippen molar-refractivity contribution < 1.29 is 4.74 Å². The van der Waals surface area contributed by atoms with E-state index in [2.05, 4.69) is 96.9 Å². The van der Waals surface area contributed by atoms with E-state index in [1.54, 1.807) is 0 Å². The number of likely N-dealkylation sites (N-methyl/N-ethyl adjacent to an activating group) is 1. The molecule has 0 saturated heterocycles. The Kier molecular flexibility index (Phi) is 8.75. The van der Waals surface area contributed by atoms with Crippen LogP contribution in [0.25, 0.3) is 16.8 Å². The second kappa shape index (κ2) is 11.7. The van der Waals surface area contributed by atoms with E-state index in [1.165, 1.54) is 22.0 Å². The van der Waals surface area contributed by atoms with Crippen LogP contribution in [-0.2, 0) is 6.61 Å². The van der Waals surface area contributed by atoms with Crippen molar-refractivity contribution in [3.8, 4) is 5.75 Å². The lowest BCUT2D eigenvalue weighted by atomic mass is 10.1. The van der Waals surface area contributed by atoms with E-state index >= 15 is 0 Å². The topological polar surface area (TPSA) is 24.8 Å². The van der Waals surface area contributed by atoms with Crippen LogP contribution >= 0.6 is 24.8 Å². The second-order valence-corrected chi connectivity index (χ2v) is 8.05.